The van der Waals surface area contributed by atoms with Crippen molar-refractivity contribution in [3.63, 3.8) is 0 Å². The second-order valence-corrected chi connectivity index (χ2v) is 3.54. The highest BCUT2D eigenvalue weighted by atomic mass is 35.5. The summed E-state index contributed by atoms with van der Waals surface area (Å²) in [5, 5.41) is 0. The predicted molar refractivity (Wildman–Crippen MR) is 58.3 cm³/mol. The van der Waals surface area contributed by atoms with Gasteiger partial charge in [-0.15, -0.1) is 11.6 Å². The Morgan fingerprint density at radius 3 is 3.08 bits per heavy atom. The first-order chi connectivity index (χ1) is 6.33. The van der Waals surface area contributed by atoms with E-state index in [4.69, 9.17) is 11.6 Å². The van der Waals surface area contributed by atoms with Gasteiger partial charge in [-0.1, -0.05) is 30.4 Å². The van der Waals surface area contributed by atoms with Gasteiger partial charge in [0, 0.05) is 25.2 Å². The molecule has 13 heavy (non-hydrogen) atoms. The molecule has 0 atom stereocenters. The second-order valence-electron chi connectivity index (χ2n) is 3.27. The zero-order chi connectivity index (χ0) is 9.26. The first-order valence-corrected chi connectivity index (χ1v) is 4.92. The van der Waals surface area contributed by atoms with E-state index in [1.54, 1.807) is 0 Å². The average molecular weight is 194 g/mol. The highest BCUT2D eigenvalue weighted by Gasteiger charge is 2.12. The van der Waals surface area contributed by atoms with Gasteiger partial charge in [-0.05, 0) is 11.1 Å². The third-order valence-electron chi connectivity index (χ3n) is 2.35. The van der Waals surface area contributed by atoms with Gasteiger partial charge in [0.25, 0.3) is 0 Å². The summed E-state index contributed by atoms with van der Waals surface area (Å²) in [5.74, 6) is 0.585. The summed E-state index contributed by atoms with van der Waals surface area (Å²) in [6, 6.07) is 6.26. The molecule has 1 nitrogen and oxygen atoms in total. The van der Waals surface area contributed by atoms with Crippen LogP contribution in [0.4, 0.5) is 5.69 Å². The molecule has 1 aliphatic rings. The fourth-order valence-corrected chi connectivity index (χ4v) is 1.96. The Bertz CT molecular complexity index is 344. The zero-order valence-corrected chi connectivity index (χ0v) is 8.38. The first kappa shape index (κ1) is 8.64. The van der Waals surface area contributed by atoms with Crippen LogP contribution in [0.2, 0.25) is 0 Å². The number of rotatable bonds is 1. The topological polar surface area (TPSA) is 3.24 Å². The van der Waals surface area contributed by atoms with Crippen molar-refractivity contribution in [1.82, 2.24) is 0 Å². The van der Waals surface area contributed by atoms with E-state index in [1.165, 1.54) is 16.8 Å². The van der Waals surface area contributed by atoms with Gasteiger partial charge in [-0.25, -0.2) is 0 Å². The Kier molecular flexibility index (Phi) is 2.28. The molecule has 1 heterocycles. The quantitative estimate of drug-likeness (QED) is 0.620. The van der Waals surface area contributed by atoms with Crippen molar-refractivity contribution in [2.75, 3.05) is 18.5 Å². The molecule has 68 valence electrons. The number of para-hydroxylation sites is 1. The monoisotopic (exact) mass is 193 g/mol. The van der Waals surface area contributed by atoms with Gasteiger partial charge in [0.15, 0.2) is 0 Å². The lowest BCUT2D eigenvalue weighted by molar-refractivity contribution is 1.01. The summed E-state index contributed by atoms with van der Waals surface area (Å²) in [6.07, 6.45) is 4.33. The molecule has 0 radical (unpaired) electrons. The lowest BCUT2D eigenvalue weighted by Gasteiger charge is -2.25. The molecular weight excluding hydrogens is 182 g/mol. The molecule has 2 heteroatoms. The van der Waals surface area contributed by atoms with E-state index in [0.717, 1.165) is 6.54 Å². The van der Waals surface area contributed by atoms with Crippen molar-refractivity contribution < 1.29 is 0 Å². The van der Waals surface area contributed by atoms with Crippen LogP contribution in [-0.2, 0) is 5.88 Å². The Hall–Kier alpha value is -0.950. The minimum atomic E-state index is 0.585. The molecule has 0 aromatic heterocycles. The molecule has 0 saturated heterocycles. The molecule has 2 rings (SSSR count). The summed E-state index contributed by atoms with van der Waals surface area (Å²) in [5.41, 5.74) is 3.76. The number of halogens is 1. The summed E-state index contributed by atoms with van der Waals surface area (Å²) in [4.78, 5) is 2.23. The maximum atomic E-state index is 5.88. The number of anilines is 1. The molecule has 0 amide bonds. The van der Waals surface area contributed by atoms with Gasteiger partial charge >= 0.3 is 0 Å². The normalized spacial score (nSPS) is 14.5. The van der Waals surface area contributed by atoms with Crippen molar-refractivity contribution >= 4 is 23.4 Å². The molecule has 0 unspecified atom stereocenters. The smallest absolute Gasteiger partial charge is 0.0494 e. The molecule has 0 N–H and O–H groups in total. The molecule has 0 spiro atoms. The maximum absolute atomic E-state index is 5.88. The van der Waals surface area contributed by atoms with Crippen LogP contribution in [0.5, 0.6) is 0 Å². The molecule has 0 fully saturated rings. The summed E-state index contributed by atoms with van der Waals surface area (Å²) < 4.78 is 0. The molecule has 0 saturated carbocycles. The average Bonchev–Trinajstić information content (AvgIpc) is 2.17. The van der Waals surface area contributed by atoms with Gasteiger partial charge in [0.05, 0.1) is 0 Å². The van der Waals surface area contributed by atoms with Crippen molar-refractivity contribution in [1.29, 1.82) is 0 Å². The van der Waals surface area contributed by atoms with E-state index < -0.39 is 0 Å². The van der Waals surface area contributed by atoms with Crippen molar-refractivity contribution in [3.8, 4) is 0 Å². The van der Waals surface area contributed by atoms with Crippen LogP contribution >= 0.6 is 11.6 Å². The van der Waals surface area contributed by atoms with E-state index in [-0.39, 0.29) is 0 Å². The Labute approximate surface area is 83.6 Å². The van der Waals surface area contributed by atoms with Crippen LogP contribution in [0, 0.1) is 0 Å². The van der Waals surface area contributed by atoms with E-state index in [2.05, 4.69) is 42.3 Å². The molecule has 0 aliphatic carbocycles. The summed E-state index contributed by atoms with van der Waals surface area (Å²) >= 11 is 5.88. The fraction of sp³-hybridized carbons (Fsp3) is 0.273. The third-order valence-corrected chi connectivity index (χ3v) is 2.64. The van der Waals surface area contributed by atoms with Crippen molar-refractivity contribution in [3.05, 3.63) is 35.4 Å². The Balaban J connectivity index is 2.58. The van der Waals surface area contributed by atoms with E-state index in [0.29, 0.717) is 5.88 Å². The van der Waals surface area contributed by atoms with E-state index in [1.807, 2.05) is 0 Å². The summed E-state index contributed by atoms with van der Waals surface area (Å²) in [7, 11) is 2.10. The van der Waals surface area contributed by atoms with Crippen LogP contribution in [0.25, 0.3) is 6.08 Å². The largest absolute Gasteiger partial charge is 0.370 e. The number of hydrogen-bond donors (Lipinski definition) is 0. The highest BCUT2D eigenvalue weighted by Crippen LogP contribution is 2.29. The standard InChI is InChI=1S/C11H12ClN/c1-13-7-3-6-9-4-2-5-10(8-12)11(9)13/h2-6H,7-8H2,1H3. The van der Waals surface area contributed by atoms with Gasteiger partial charge in [0.1, 0.15) is 0 Å². The first-order valence-electron chi connectivity index (χ1n) is 4.38. The number of hydrogen-bond acceptors (Lipinski definition) is 1. The van der Waals surface area contributed by atoms with Crippen LogP contribution in [0.3, 0.4) is 0 Å². The number of alkyl halides is 1. The van der Waals surface area contributed by atoms with Gasteiger partial charge in [-0.3, -0.25) is 0 Å². The van der Waals surface area contributed by atoms with Gasteiger partial charge < -0.3 is 4.90 Å². The predicted octanol–water partition coefficient (Wildman–Crippen LogP) is 2.89. The Morgan fingerprint density at radius 2 is 2.31 bits per heavy atom. The molecular formula is C11H12ClN. The van der Waals surface area contributed by atoms with Crippen LogP contribution in [0.15, 0.2) is 24.3 Å². The summed E-state index contributed by atoms with van der Waals surface area (Å²) in [6.45, 7) is 0.973. The molecule has 1 aromatic carbocycles. The van der Waals surface area contributed by atoms with Gasteiger partial charge in [0.2, 0.25) is 0 Å². The molecule has 0 bridgehead atoms. The number of likely N-dealkylation sites (N-methyl/N-ethyl adjacent to an activating group) is 1. The van der Waals surface area contributed by atoms with Crippen molar-refractivity contribution in [2.45, 2.75) is 5.88 Å². The van der Waals surface area contributed by atoms with E-state index >= 15 is 0 Å². The number of nitrogens with zero attached hydrogens (tertiary/aromatic N) is 1. The number of benzene rings is 1. The van der Waals surface area contributed by atoms with Crippen molar-refractivity contribution in [2.24, 2.45) is 0 Å². The fourth-order valence-electron chi connectivity index (χ4n) is 1.75. The minimum absolute atomic E-state index is 0.585. The lowest BCUT2D eigenvalue weighted by Crippen LogP contribution is -2.21. The molecule has 1 aliphatic heterocycles. The number of fused-ring (bicyclic) bond motifs is 1. The maximum Gasteiger partial charge on any atom is 0.0494 e. The van der Waals surface area contributed by atoms with Crippen LogP contribution < -0.4 is 4.90 Å². The second kappa shape index (κ2) is 3.43. The molecule has 1 aromatic rings. The Morgan fingerprint density at radius 1 is 1.46 bits per heavy atom. The van der Waals surface area contributed by atoms with Gasteiger partial charge in [-0.2, -0.15) is 0 Å². The SMILES string of the molecule is CN1CC=Cc2cccc(CCl)c21. The van der Waals surface area contributed by atoms with E-state index in [9.17, 15) is 0 Å². The third kappa shape index (κ3) is 1.44. The zero-order valence-electron chi connectivity index (χ0n) is 7.63. The van der Waals surface area contributed by atoms with Crippen LogP contribution in [0.1, 0.15) is 11.1 Å². The highest BCUT2D eigenvalue weighted by molar-refractivity contribution is 6.17. The van der Waals surface area contributed by atoms with Crippen LogP contribution in [-0.4, -0.2) is 13.6 Å². The lowest BCUT2D eigenvalue weighted by atomic mass is 10.0. The minimum Gasteiger partial charge on any atom is -0.370 e.